The zero-order valence-corrected chi connectivity index (χ0v) is 15.2. The van der Waals surface area contributed by atoms with Crippen LogP contribution in [0, 0.1) is 0 Å². The van der Waals surface area contributed by atoms with E-state index in [1.165, 1.54) is 22.5 Å². The van der Waals surface area contributed by atoms with Crippen LogP contribution in [0.3, 0.4) is 0 Å². The Balaban J connectivity index is 2.35. The third-order valence-corrected chi connectivity index (χ3v) is 7.42. The van der Waals surface area contributed by atoms with Crippen molar-refractivity contribution in [3.63, 3.8) is 0 Å². The predicted octanol–water partition coefficient (Wildman–Crippen LogP) is 3.45. The Bertz CT molecular complexity index is 813. The van der Waals surface area contributed by atoms with E-state index in [4.69, 9.17) is 11.6 Å². The molecule has 0 aliphatic heterocycles. The van der Waals surface area contributed by atoms with Gasteiger partial charge in [-0.3, -0.25) is 4.79 Å². The Kier molecular flexibility index (Phi) is 4.84. The molecular weight excluding hydrogens is 342 g/mol. The van der Waals surface area contributed by atoms with Gasteiger partial charge in [0.15, 0.2) is 9.84 Å². The molecule has 1 heterocycles. The number of amides is 1. The van der Waals surface area contributed by atoms with Crippen LogP contribution in [-0.4, -0.2) is 43.8 Å². The van der Waals surface area contributed by atoms with Gasteiger partial charge in [0.2, 0.25) is 0 Å². The normalized spacial score (nSPS) is 14.8. The van der Waals surface area contributed by atoms with E-state index in [1.807, 2.05) is 24.3 Å². The second-order valence-corrected chi connectivity index (χ2v) is 9.27. The van der Waals surface area contributed by atoms with Gasteiger partial charge in [-0.25, -0.2) is 8.42 Å². The number of fused-ring (bicyclic) bond motifs is 1. The Hall–Kier alpha value is -1.11. The first-order valence-electron chi connectivity index (χ1n) is 6.77. The third-order valence-electron chi connectivity index (χ3n) is 4.02. The van der Waals surface area contributed by atoms with Crippen molar-refractivity contribution in [3.05, 3.63) is 34.2 Å². The number of sulfone groups is 1. The van der Waals surface area contributed by atoms with Crippen molar-refractivity contribution < 1.29 is 13.2 Å². The maximum atomic E-state index is 12.7. The van der Waals surface area contributed by atoms with Gasteiger partial charge in [0, 0.05) is 29.4 Å². The number of carbonyl (C=O) groups is 1. The van der Waals surface area contributed by atoms with Crippen LogP contribution in [0.2, 0.25) is 5.02 Å². The summed E-state index contributed by atoms with van der Waals surface area (Å²) < 4.78 is 24.3. The average molecular weight is 360 g/mol. The smallest absolute Gasteiger partial charge is 0.265 e. The quantitative estimate of drug-likeness (QED) is 0.840. The second kappa shape index (κ2) is 6.18. The van der Waals surface area contributed by atoms with E-state index < -0.39 is 21.1 Å². The minimum absolute atomic E-state index is 0.255. The van der Waals surface area contributed by atoms with Crippen molar-refractivity contribution >= 4 is 48.8 Å². The summed E-state index contributed by atoms with van der Waals surface area (Å²) in [6.45, 7) is 3.33. The molecule has 0 aliphatic carbocycles. The van der Waals surface area contributed by atoms with E-state index in [1.54, 1.807) is 20.9 Å². The zero-order chi connectivity index (χ0) is 16.7. The molecule has 0 radical (unpaired) electrons. The molecule has 2 atom stereocenters. The van der Waals surface area contributed by atoms with Crippen LogP contribution >= 0.6 is 22.9 Å². The van der Waals surface area contributed by atoms with Gasteiger partial charge in [0.25, 0.3) is 5.91 Å². The highest BCUT2D eigenvalue weighted by Gasteiger charge is 2.30. The SMILES string of the molecule is CC(C(C)S(C)(=O)=O)N(C)C(=O)c1sc2ccccc2c1Cl. The summed E-state index contributed by atoms with van der Waals surface area (Å²) in [6, 6.07) is 7.09. The molecule has 0 fully saturated rings. The second-order valence-electron chi connectivity index (χ2n) is 5.43. The molecule has 2 aromatic rings. The highest BCUT2D eigenvalue weighted by Crippen LogP contribution is 2.36. The molecule has 0 spiro atoms. The highest BCUT2D eigenvalue weighted by molar-refractivity contribution is 7.91. The Morgan fingerprint density at radius 1 is 1.27 bits per heavy atom. The monoisotopic (exact) mass is 359 g/mol. The minimum Gasteiger partial charge on any atom is -0.337 e. The molecule has 1 aromatic carbocycles. The van der Waals surface area contributed by atoms with Gasteiger partial charge in [-0.2, -0.15) is 0 Å². The summed E-state index contributed by atoms with van der Waals surface area (Å²) in [5.74, 6) is -0.255. The van der Waals surface area contributed by atoms with E-state index >= 15 is 0 Å². The van der Waals surface area contributed by atoms with Crippen molar-refractivity contribution in [1.29, 1.82) is 0 Å². The van der Waals surface area contributed by atoms with Crippen molar-refractivity contribution in [1.82, 2.24) is 4.90 Å². The number of halogens is 1. The predicted molar refractivity (Wildman–Crippen MR) is 92.7 cm³/mol. The molecule has 120 valence electrons. The first-order valence-corrected chi connectivity index (χ1v) is 9.92. The summed E-state index contributed by atoms with van der Waals surface area (Å²) in [7, 11) is -1.61. The van der Waals surface area contributed by atoms with Gasteiger partial charge in [-0.1, -0.05) is 29.8 Å². The van der Waals surface area contributed by atoms with E-state index in [0.29, 0.717) is 9.90 Å². The zero-order valence-electron chi connectivity index (χ0n) is 12.8. The molecule has 1 aromatic heterocycles. The number of benzene rings is 1. The maximum absolute atomic E-state index is 12.7. The van der Waals surface area contributed by atoms with Crippen LogP contribution < -0.4 is 0 Å². The lowest BCUT2D eigenvalue weighted by Crippen LogP contribution is -2.44. The standard InChI is InChI=1S/C15H18ClNO3S2/c1-9(10(2)22(4,19)20)17(3)15(18)14-13(16)11-7-5-6-8-12(11)21-14/h5-10H,1-4H3. The van der Waals surface area contributed by atoms with Gasteiger partial charge in [0.1, 0.15) is 4.88 Å². The Labute approximate surface area is 139 Å². The van der Waals surface area contributed by atoms with Gasteiger partial charge in [0.05, 0.1) is 10.3 Å². The van der Waals surface area contributed by atoms with Crippen molar-refractivity contribution in [2.75, 3.05) is 13.3 Å². The van der Waals surface area contributed by atoms with Crippen LogP contribution in [0.1, 0.15) is 23.5 Å². The molecule has 0 bridgehead atoms. The lowest BCUT2D eigenvalue weighted by atomic mass is 10.2. The topological polar surface area (TPSA) is 54.5 Å². The number of hydrogen-bond acceptors (Lipinski definition) is 4. The number of hydrogen-bond donors (Lipinski definition) is 0. The summed E-state index contributed by atoms with van der Waals surface area (Å²) >= 11 is 7.64. The van der Waals surface area contributed by atoms with Gasteiger partial charge >= 0.3 is 0 Å². The maximum Gasteiger partial charge on any atom is 0.265 e. The molecule has 1 amide bonds. The van der Waals surface area contributed by atoms with Crippen LogP contribution in [0.25, 0.3) is 10.1 Å². The van der Waals surface area contributed by atoms with Gasteiger partial charge in [-0.05, 0) is 19.9 Å². The number of carbonyl (C=O) groups excluding carboxylic acids is 1. The number of nitrogens with zero attached hydrogens (tertiary/aromatic N) is 1. The van der Waals surface area contributed by atoms with Crippen molar-refractivity contribution in [2.24, 2.45) is 0 Å². The van der Waals surface area contributed by atoms with Crippen molar-refractivity contribution in [2.45, 2.75) is 25.1 Å². The lowest BCUT2D eigenvalue weighted by Gasteiger charge is -2.28. The van der Waals surface area contributed by atoms with Crippen molar-refractivity contribution in [3.8, 4) is 0 Å². The Morgan fingerprint density at radius 2 is 1.86 bits per heavy atom. The highest BCUT2D eigenvalue weighted by atomic mass is 35.5. The number of thiophene rings is 1. The van der Waals surface area contributed by atoms with E-state index in [-0.39, 0.29) is 5.91 Å². The largest absolute Gasteiger partial charge is 0.337 e. The molecule has 7 heteroatoms. The summed E-state index contributed by atoms with van der Waals surface area (Å²) in [5, 5.41) is 0.626. The molecule has 2 rings (SSSR count). The first kappa shape index (κ1) is 17.2. The first-order chi connectivity index (χ1) is 10.1. The fourth-order valence-corrected chi connectivity index (χ4v) is 4.56. The fourth-order valence-electron chi connectivity index (χ4n) is 2.17. The average Bonchev–Trinajstić information content (AvgIpc) is 2.81. The molecular formula is C15H18ClNO3S2. The van der Waals surface area contributed by atoms with Gasteiger partial charge in [-0.15, -0.1) is 11.3 Å². The summed E-state index contributed by atoms with van der Waals surface area (Å²) in [6.07, 6.45) is 1.18. The molecule has 0 saturated carbocycles. The molecule has 0 aliphatic rings. The van der Waals surface area contributed by atoms with E-state index in [0.717, 1.165) is 10.1 Å². The van der Waals surface area contributed by atoms with Crippen LogP contribution in [0.15, 0.2) is 24.3 Å². The molecule has 2 unspecified atom stereocenters. The van der Waals surface area contributed by atoms with Crippen LogP contribution in [-0.2, 0) is 9.84 Å². The summed E-state index contributed by atoms with van der Waals surface area (Å²) in [4.78, 5) is 14.6. The van der Waals surface area contributed by atoms with E-state index in [9.17, 15) is 13.2 Å². The molecule has 0 saturated heterocycles. The summed E-state index contributed by atoms with van der Waals surface area (Å²) in [5.41, 5.74) is 0. The fraction of sp³-hybridized carbons (Fsp3) is 0.400. The number of rotatable bonds is 4. The van der Waals surface area contributed by atoms with Crippen LogP contribution in [0.4, 0.5) is 0 Å². The van der Waals surface area contributed by atoms with E-state index in [2.05, 4.69) is 0 Å². The van der Waals surface area contributed by atoms with Crippen LogP contribution in [0.5, 0.6) is 0 Å². The molecule has 0 N–H and O–H groups in total. The minimum atomic E-state index is -3.22. The lowest BCUT2D eigenvalue weighted by molar-refractivity contribution is 0.0748. The Morgan fingerprint density at radius 3 is 2.41 bits per heavy atom. The third kappa shape index (κ3) is 3.14. The molecule has 22 heavy (non-hydrogen) atoms. The van der Waals surface area contributed by atoms with Gasteiger partial charge < -0.3 is 4.90 Å². The molecule has 4 nitrogen and oxygen atoms in total.